The van der Waals surface area contributed by atoms with E-state index >= 15 is 0 Å². The molecule has 0 spiro atoms. The van der Waals surface area contributed by atoms with Gasteiger partial charge in [0.15, 0.2) is 0 Å². The average Bonchev–Trinajstić information content (AvgIpc) is 3.02. The highest BCUT2D eigenvalue weighted by atomic mass is 19.1. The molecule has 1 aliphatic carbocycles. The molecule has 0 atom stereocenters. The quantitative estimate of drug-likeness (QED) is 0.843. The van der Waals surface area contributed by atoms with Crippen molar-refractivity contribution in [3.05, 3.63) is 35.8 Å². The summed E-state index contributed by atoms with van der Waals surface area (Å²) in [7, 11) is 0. The van der Waals surface area contributed by atoms with E-state index in [0.29, 0.717) is 12.6 Å². The van der Waals surface area contributed by atoms with Crippen LogP contribution in [0, 0.1) is 5.82 Å². The molecule has 0 amide bonds. The van der Waals surface area contributed by atoms with E-state index in [1.807, 2.05) is 12.1 Å². The van der Waals surface area contributed by atoms with Crippen molar-refractivity contribution in [2.24, 2.45) is 5.73 Å². The first-order valence-corrected chi connectivity index (χ1v) is 5.79. The van der Waals surface area contributed by atoms with E-state index in [9.17, 15) is 4.39 Å². The van der Waals surface area contributed by atoms with Gasteiger partial charge in [-0.1, -0.05) is 6.07 Å². The molecule has 0 radical (unpaired) electrons. The molecule has 3 rings (SSSR count). The molecule has 1 heterocycles. The Balaban J connectivity index is 2.24. The standard InChI is InChI=1S/C13H15FN2/c14-12-2-1-3-13-11(12)8-10(6-7-15)16(13)9-4-5-9/h1-3,8-9H,4-7,15H2. The summed E-state index contributed by atoms with van der Waals surface area (Å²) in [6.45, 7) is 0.616. The van der Waals surface area contributed by atoms with E-state index in [2.05, 4.69) is 4.57 Å². The zero-order valence-corrected chi connectivity index (χ0v) is 9.12. The van der Waals surface area contributed by atoms with Gasteiger partial charge in [0, 0.05) is 17.1 Å². The Hall–Kier alpha value is -1.35. The third-order valence-corrected chi connectivity index (χ3v) is 3.22. The van der Waals surface area contributed by atoms with Crippen LogP contribution < -0.4 is 5.73 Å². The Morgan fingerprint density at radius 1 is 1.38 bits per heavy atom. The van der Waals surface area contributed by atoms with Crippen molar-refractivity contribution in [2.45, 2.75) is 25.3 Å². The summed E-state index contributed by atoms with van der Waals surface area (Å²) in [5.74, 6) is -0.129. The van der Waals surface area contributed by atoms with Gasteiger partial charge in [-0.05, 0) is 44.0 Å². The Labute approximate surface area is 93.9 Å². The zero-order chi connectivity index (χ0) is 11.1. The number of aromatic nitrogens is 1. The number of hydrogen-bond acceptors (Lipinski definition) is 1. The fraction of sp³-hybridized carbons (Fsp3) is 0.385. The molecule has 1 aromatic heterocycles. The molecule has 3 heteroatoms. The minimum atomic E-state index is -0.129. The van der Waals surface area contributed by atoms with Crippen molar-refractivity contribution in [3.63, 3.8) is 0 Å². The molecule has 2 aromatic rings. The van der Waals surface area contributed by atoms with E-state index in [1.165, 1.54) is 24.6 Å². The molecule has 16 heavy (non-hydrogen) atoms. The van der Waals surface area contributed by atoms with E-state index in [1.54, 1.807) is 6.07 Å². The maximum absolute atomic E-state index is 13.7. The molecule has 0 bridgehead atoms. The number of nitrogens with zero attached hydrogens (tertiary/aromatic N) is 1. The van der Waals surface area contributed by atoms with Crippen molar-refractivity contribution in [3.8, 4) is 0 Å². The average molecular weight is 218 g/mol. The number of hydrogen-bond donors (Lipinski definition) is 1. The van der Waals surface area contributed by atoms with Gasteiger partial charge >= 0.3 is 0 Å². The smallest absolute Gasteiger partial charge is 0.132 e. The summed E-state index contributed by atoms with van der Waals surface area (Å²) in [5, 5.41) is 0.734. The molecular weight excluding hydrogens is 203 g/mol. The number of rotatable bonds is 3. The minimum Gasteiger partial charge on any atom is -0.341 e. The summed E-state index contributed by atoms with van der Waals surface area (Å²) in [6.07, 6.45) is 3.24. The highest BCUT2D eigenvalue weighted by molar-refractivity contribution is 5.82. The second-order valence-corrected chi connectivity index (χ2v) is 4.45. The molecule has 2 N–H and O–H groups in total. The number of fused-ring (bicyclic) bond motifs is 1. The van der Waals surface area contributed by atoms with Gasteiger partial charge in [0.2, 0.25) is 0 Å². The van der Waals surface area contributed by atoms with Crippen molar-refractivity contribution in [2.75, 3.05) is 6.54 Å². The van der Waals surface area contributed by atoms with E-state index in [4.69, 9.17) is 5.73 Å². The first-order chi connectivity index (χ1) is 7.81. The Bertz CT molecular complexity index is 526. The van der Waals surface area contributed by atoms with Crippen LogP contribution in [-0.4, -0.2) is 11.1 Å². The van der Waals surface area contributed by atoms with Crippen LogP contribution in [0.5, 0.6) is 0 Å². The molecule has 0 aliphatic heterocycles. The maximum atomic E-state index is 13.7. The van der Waals surface area contributed by atoms with Gasteiger partial charge in [-0.25, -0.2) is 4.39 Å². The molecule has 0 saturated heterocycles. The summed E-state index contributed by atoms with van der Waals surface area (Å²) < 4.78 is 15.9. The fourth-order valence-corrected chi connectivity index (χ4v) is 2.37. The lowest BCUT2D eigenvalue weighted by Gasteiger charge is -2.08. The lowest BCUT2D eigenvalue weighted by Crippen LogP contribution is -2.07. The second kappa shape index (κ2) is 3.59. The van der Waals surface area contributed by atoms with Crippen LogP contribution in [0.4, 0.5) is 4.39 Å². The monoisotopic (exact) mass is 218 g/mol. The molecule has 2 nitrogen and oxygen atoms in total. The molecule has 1 fully saturated rings. The van der Waals surface area contributed by atoms with Gasteiger partial charge in [-0.2, -0.15) is 0 Å². The van der Waals surface area contributed by atoms with Crippen LogP contribution in [0.1, 0.15) is 24.6 Å². The van der Waals surface area contributed by atoms with Gasteiger partial charge in [-0.15, -0.1) is 0 Å². The first-order valence-electron chi connectivity index (χ1n) is 5.79. The van der Waals surface area contributed by atoms with E-state index < -0.39 is 0 Å². The topological polar surface area (TPSA) is 30.9 Å². The van der Waals surface area contributed by atoms with Crippen molar-refractivity contribution < 1.29 is 4.39 Å². The second-order valence-electron chi connectivity index (χ2n) is 4.45. The SMILES string of the molecule is NCCc1cc2c(F)cccc2n1C1CC1. The van der Waals surface area contributed by atoms with Crippen molar-refractivity contribution in [1.29, 1.82) is 0 Å². The Morgan fingerprint density at radius 2 is 2.19 bits per heavy atom. The minimum absolute atomic E-state index is 0.129. The van der Waals surface area contributed by atoms with Crippen LogP contribution in [0.2, 0.25) is 0 Å². The summed E-state index contributed by atoms with van der Waals surface area (Å²) in [6, 6.07) is 7.82. The Kier molecular flexibility index (Phi) is 2.21. The number of halogens is 1. The Morgan fingerprint density at radius 3 is 2.88 bits per heavy atom. The van der Waals surface area contributed by atoms with Crippen molar-refractivity contribution in [1.82, 2.24) is 4.57 Å². The van der Waals surface area contributed by atoms with Crippen LogP contribution in [0.3, 0.4) is 0 Å². The summed E-state index contributed by atoms with van der Waals surface area (Å²) in [4.78, 5) is 0. The highest BCUT2D eigenvalue weighted by Gasteiger charge is 2.27. The van der Waals surface area contributed by atoms with Crippen LogP contribution in [0.25, 0.3) is 10.9 Å². The molecule has 0 unspecified atom stereocenters. The van der Waals surface area contributed by atoms with Gasteiger partial charge in [0.05, 0.1) is 5.52 Å². The van der Waals surface area contributed by atoms with Gasteiger partial charge in [0.25, 0.3) is 0 Å². The van der Waals surface area contributed by atoms with Gasteiger partial charge in [-0.3, -0.25) is 0 Å². The largest absolute Gasteiger partial charge is 0.341 e. The summed E-state index contributed by atoms with van der Waals surface area (Å²) >= 11 is 0. The predicted octanol–water partition coefficient (Wildman–Crippen LogP) is 2.62. The lowest BCUT2D eigenvalue weighted by molar-refractivity contribution is 0.639. The van der Waals surface area contributed by atoms with Gasteiger partial charge in [0.1, 0.15) is 5.82 Å². The molecular formula is C13H15FN2. The van der Waals surface area contributed by atoms with Crippen molar-refractivity contribution >= 4 is 10.9 Å². The number of benzene rings is 1. The third kappa shape index (κ3) is 1.43. The summed E-state index contributed by atoms with van der Waals surface area (Å²) in [5.41, 5.74) is 7.79. The third-order valence-electron chi connectivity index (χ3n) is 3.22. The molecule has 84 valence electrons. The predicted molar refractivity (Wildman–Crippen MR) is 62.9 cm³/mol. The van der Waals surface area contributed by atoms with E-state index in [-0.39, 0.29) is 5.82 Å². The fourth-order valence-electron chi connectivity index (χ4n) is 2.37. The molecule has 1 aliphatic rings. The first kappa shape index (κ1) is 9.85. The highest BCUT2D eigenvalue weighted by Crippen LogP contribution is 2.40. The molecule has 1 aromatic carbocycles. The van der Waals surface area contributed by atoms with Crippen LogP contribution in [0.15, 0.2) is 24.3 Å². The molecule has 1 saturated carbocycles. The zero-order valence-electron chi connectivity index (χ0n) is 9.12. The maximum Gasteiger partial charge on any atom is 0.132 e. The van der Waals surface area contributed by atoms with Crippen LogP contribution >= 0.6 is 0 Å². The van der Waals surface area contributed by atoms with Gasteiger partial charge < -0.3 is 10.3 Å². The lowest BCUT2D eigenvalue weighted by atomic mass is 10.2. The number of nitrogens with two attached hydrogens (primary N) is 1. The van der Waals surface area contributed by atoms with E-state index in [0.717, 1.165) is 17.3 Å². The normalized spacial score (nSPS) is 15.9. The van der Waals surface area contributed by atoms with Crippen LogP contribution in [-0.2, 0) is 6.42 Å².